The fraction of sp³-hybridized carbons (Fsp3) is 0.526. The molecule has 0 saturated carbocycles. The van der Waals surface area contributed by atoms with Gasteiger partial charge in [-0.2, -0.15) is 0 Å². The van der Waals surface area contributed by atoms with Gasteiger partial charge in [0.15, 0.2) is 0 Å². The van der Waals surface area contributed by atoms with Crippen LogP contribution in [0.5, 0.6) is 0 Å². The molecule has 1 aliphatic heterocycles. The highest BCUT2D eigenvalue weighted by molar-refractivity contribution is 5.88. The highest BCUT2D eigenvalue weighted by Crippen LogP contribution is 2.30. The van der Waals surface area contributed by atoms with E-state index in [1.807, 2.05) is 43.0 Å². The zero-order valence-electron chi connectivity index (χ0n) is 14.3. The van der Waals surface area contributed by atoms with Gasteiger partial charge in [0.2, 0.25) is 5.91 Å². The van der Waals surface area contributed by atoms with Crippen molar-refractivity contribution in [1.29, 1.82) is 0 Å². The van der Waals surface area contributed by atoms with E-state index in [9.17, 15) is 4.79 Å². The lowest BCUT2D eigenvalue weighted by Gasteiger charge is -2.33. The predicted octanol–water partition coefficient (Wildman–Crippen LogP) is 3.79. The summed E-state index contributed by atoms with van der Waals surface area (Å²) in [5.41, 5.74) is 0.667. The largest absolute Gasteiger partial charge is 0.354 e. The van der Waals surface area contributed by atoms with Gasteiger partial charge in [-0.25, -0.2) is 0 Å². The third-order valence-corrected chi connectivity index (χ3v) is 3.85. The van der Waals surface area contributed by atoms with E-state index in [0.717, 1.165) is 6.42 Å². The van der Waals surface area contributed by atoms with Crippen molar-refractivity contribution in [1.82, 2.24) is 4.90 Å². The van der Waals surface area contributed by atoms with Crippen molar-refractivity contribution < 1.29 is 9.53 Å². The monoisotopic (exact) mass is 301 g/mol. The maximum Gasteiger partial charge on any atom is 0.248 e. The molecule has 1 saturated heterocycles. The van der Waals surface area contributed by atoms with Crippen LogP contribution in [0.3, 0.4) is 0 Å². The third-order valence-electron chi connectivity index (χ3n) is 3.85. The summed E-state index contributed by atoms with van der Waals surface area (Å²) >= 11 is 0. The fourth-order valence-electron chi connectivity index (χ4n) is 2.77. The van der Waals surface area contributed by atoms with Crippen molar-refractivity contribution in [3.05, 3.63) is 48.0 Å². The molecule has 0 unspecified atom stereocenters. The molecule has 0 aliphatic carbocycles. The summed E-state index contributed by atoms with van der Waals surface area (Å²) in [6.45, 7) is 10.8. The molecule has 3 heteroatoms. The lowest BCUT2D eigenvalue weighted by Crippen LogP contribution is -2.48. The number of hydrogen-bond donors (Lipinski definition) is 0. The highest BCUT2D eigenvalue weighted by Gasteiger charge is 2.42. The minimum absolute atomic E-state index is 0.00465. The molecule has 1 atom stereocenters. The number of rotatable bonds is 3. The van der Waals surface area contributed by atoms with Gasteiger partial charge in [-0.1, -0.05) is 57.2 Å². The van der Waals surface area contributed by atoms with Gasteiger partial charge < -0.3 is 9.64 Å². The number of amides is 1. The Morgan fingerprint density at radius 3 is 2.55 bits per heavy atom. The average molecular weight is 301 g/mol. The van der Waals surface area contributed by atoms with Crippen molar-refractivity contribution in [2.45, 2.75) is 52.8 Å². The van der Waals surface area contributed by atoms with Crippen LogP contribution < -0.4 is 0 Å². The number of nitrogens with zero attached hydrogens (tertiary/aromatic N) is 1. The van der Waals surface area contributed by atoms with E-state index in [4.69, 9.17) is 4.74 Å². The lowest BCUT2D eigenvalue weighted by atomic mass is 9.96. The van der Waals surface area contributed by atoms with Gasteiger partial charge in [0.1, 0.15) is 5.72 Å². The van der Waals surface area contributed by atoms with Crippen LogP contribution in [0.4, 0.5) is 0 Å². The molecule has 0 bridgehead atoms. The molecule has 1 aromatic rings. The summed E-state index contributed by atoms with van der Waals surface area (Å²) < 4.78 is 5.86. The van der Waals surface area contributed by atoms with Crippen LogP contribution in [0.1, 0.15) is 40.2 Å². The Bertz CT molecular complexity index is 540. The highest BCUT2D eigenvalue weighted by atomic mass is 16.5. The summed E-state index contributed by atoms with van der Waals surface area (Å²) in [4.78, 5) is 14.5. The first-order valence-corrected chi connectivity index (χ1v) is 7.89. The van der Waals surface area contributed by atoms with E-state index in [2.05, 4.69) is 32.9 Å². The molecular weight excluding hydrogens is 274 g/mol. The molecule has 2 rings (SSSR count). The van der Waals surface area contributed by atoms with Crippen LogP contribution in [0.15, 0.2) is 42.5 Å². The molecule has 1 heterocycles. The van der Waals surface area contributed by atoms with Crippen LogP contribution >= 0.6 is 0 Å². The molecule has 0 radical (unpaired) electrons. The Morgan fingerprint density at radius 1 is 1.32 bits per heavy atom. The number of carbonyl (C=O) groups excluding carboxylic acids is 1. The summed E-state index contributed by atoms with van der Waals surface area (Å²) in [6, 6.07) is 10.3. The van der Waals surface area contributed by atoms with Crippen LogP contribution in [0.2, 0.25) is 0 Å². The van der Waals surface area contributed by atoms with Crippen molar-refractivity contribution in [3.63, 3.8) is 0 Å². The molecule has 22 heavy (non-hydrogen) atoms. The van der Waals surface area contributed by atoms with Crippen molar-refractivity contribution >= 4 is 5.91 Å². The van der Waals surface area contributed by atoms with Crippen LogP contribution in [0.25, 0.3) is 0 Å². The summed E-state index contributed by atoms with van der Waals surface area (Å²) in [5.74, 6) is 0.0263. The molecule has 1 fully saturated rings. The lowest BCUT2D eigenvalue weighted by molar-refractivity contribution is -0.140. The Morgan fingerprint density at radius 2 is 1.95 bits per heavy atom. The summed E-state index contributed by atoms with van der Waals surface area (Å²) in [5, 5.41) is 0. The quantitative estimate of drug-likeness (QED) is 0.795. The molecular formula is C19H27NO2. The molecule has 1 aromatic carbocycles. The predicted molar refractivity (Wildman–Crippen MR) is 89.4 cm³/mol. The summed E-state index contributed by atoms with van der Waals surface area (Å²) in [7, 11) is 0. The Kier molecular flexibility index (Phi) is 4.76. The van der Waals surface area contributed by atoms with Crippen molar-refractivity contribution in [2.24, 2.45) is 5.41 Å². The molecule has 1 aliphatic rings. The molecule has 3 nitrogen and oxygen atoms in total. The van der Waals surface area contributed by atoms with Crippen LogP contribution in [0, 0.1) is 5.41 Å². The third kappa shape index (κ3) is 4.20. The number of hydrogen-bond acceptors (Lipinski definition) is 2. The van der Waals surface area contributed by atoms with E-state index >= 15 is 0 Å². The van der Waals surface area contributed by atoms with Gasteiger partial charge >= 0.3 is 0 Å². The second kappa shape index (κ2) is 6.25. The van der Waals surface area contributed by atoms with E-state index in [1.54, 1.807) is 6.08 Å². The second-order valence-corrected chi connectivity index (χ2v) is 7.51. The van der Waals surface area contributed by atoms with E-state index in [0.29, 0.717) is 6.61 Å². The van der Waals surface area contributed by atoms with Crippen molar-refractivity contribution in [2.75, 3.05) is 6.61 Å². The maximum atomic E-state index is 12.7. The van der Waals surface area contributed by atoms with Gasteiger partial charge in [0.05, 0.1) is 12.6 Å². The topological polar surface area (TPSA) is 29.5 Å². The first-order chi connectivity index (χ1) is 10.2. The Hall–Kier alpha value is -1.61. The van der Waals surface area contributed by atoms with E-state index in [-0.39, 0.29) is 17.4 Å². The fourth-order valence-corrected chi connectivity index (χ4v) is 2.77. The smallest absolute Gasteiger partial charge is 0.248 e. The molecule has 0 aromatic heterocycles. The SMILES string of the molecule is CC(C)(C)/C=C/C(=O)N1[C@@H](Cc2ccccc2)COC1(C)C. The first-order valence-electron chi connectivity index (χ1n) is 7.89. The molecule has 0 spiro atoms. The number of allylic oxidation sites excluding steroid dienone is 1. The molecule has 1 amide bonds. The first kappa shape index (κ1) is 16.8. The van der Waals surface area contributed by atoms with E-state index in [1.165, 1.54) is 5.56 Å². The minimum atomic E-state index is -0.557. The number of benzene rings is 1. The minimum Gasteiger partial charge on any atom is -0.354 e. The van der Waals surface area contributed by atoms with Gasteiger partial charge in [0.25, 0.3) is 0 Å². The summed E-state index contributed by atoms with van der Waals surface area (Å²) in [6.07, 6.45) is 4.47. The van der Waals surface area contributed by atoms with E-state index < -0.39 is 5.72 Å². The van der Waals surface area contributed by atoms with Crippen molar-refractivity contribution in [3.8, 4) is 0 Å². The van der Waals surface area contributed by atoms with Crippen LogP contribution in [-0.4, -0.2) is 29.2 Å². The zero-order chi connectivity index (χ0) is 16.4. The van der Waals surface area contributed by atoms with Gasteiger partial charge in [-0.15, -0.1) is 0 Å². The average Bonchev–Trinajstić information content (AvgIpc) is 2.72. The number of carbonyl (C=O) groups is 1. The normalized spacial score (nSPS) is 21.5. The Balaban J connectivity index is 2.16. The van der Waals surface area contributed by atoms with Gasteiger partial charge in [-0.05, 0) is 37.3 Å². The Labute approximate surface area is 134 Å². The van der Waals surface area contributed by atoms with Gasteiger partial charge in [0, 0.05) is 0 Å². The maximum absolute atomic E-state index is 12.7. The number of ether oxygens (including phenoxy) is 1. The molecule has 0 N–H and O–H groups in total. The van der Waals surface area contributed by atoms with Gasteiger partial charge in [-0.3, -0.25) is 4.79 Å². The molecule has 120 valence electrons. The second-order valence-electron chi connectivity index (χ2n) is 7.51. The zero-order valence-corrected chi connectivity index (χ0v) is 14.3. The standard InChI is InChI=1S/C19H27NO2/c1-18(2,3)12-11-17(21)20-16(14-22-19(20,4)5)13-15-9-7-6-8-10-15/h6-12,16H,13-14H2,1-5H3/b12-11+/t16-/m0/s1. The van der Waals surface area contributed by atoms with Crippen LogP contribution in [-0.2, 0) is 16.0 Å².